The van der Waals surface area contributed by atoms with Crippen molar-refractivity contribution in [2.24, 2.45) is 0 Å². The van der Waals surface area contributed by atoms with Gasteiger partial charge < -0.3 is 10.6 Å². The Kier molecular flexibility index (Phi) is 6.75. The maximum Gasteiger partial charge on any atom is 0.235 e. The Morgan fingerprint density at radius 1 is 1.10 bits per heavy atom. The summed E-state index contributed by atoms with van der Waals surface area (Å²) in [5, 5.41) is 19.6. The number of benzene rings is 2. The zero-order valence-electron chi connectivity index (χ0n) is 16.6. The SMILES string of the molecule is C=CCNc1nnc(SCC(=O)Nc2cc(-c3ccccc3)nn2-c2ccccc2)s1. The highest BCUT2D eigenvalue weighted by atomic mass is 32.2. The molecule has 4 aromatic rings. The summed E-state index contributed by atoms with van der Waals surface area (Å²) in [6.45, 7) is 4.28. The Morgan fingerprint density at radius 3 is 2.58 bits per heavy atom. The number of nitrogens with zero attached hydrogens (tertiary/aromatic N) is 4. The third-order valence-electron chi connectivity index (χ3n) is 4.18. The minimum Gasteiger partial charge on any atom is -0.357 e. The molecule has 0 aliphatic carbocycles. The van der Waals surface area contributed by atoms with Crippen LogP contribution in [0.25, 0.3) is 16.9 Å². The van der Waals surface area contributed by atoms with Crippen molar-refractivity contribution in [1.82, 2.24) is 20.0 Å². The number of hydrogen-bond donors (Lipinski definition) is 2. The van der Waals surface area contributed by atoms with E-state index in [1.165, 1.54) is 23.1 Å². The first-order valence-electron chi connectivity index (χ1n) is 9.55. The molecule has 9 heteroatoms. The summed E-state index contributed by atoms with van der Waals surface area (Å²) in [7, 11) is 0. The molecule has 0 spiro atoms. The van der Waals surface area contributed by atoms with Gasteiger partial charge in [0, 0.05) is 18.2 Å². The number of amides is 1. The van der Waals surface area contributed by atoms with Gasteiger partial charge in [-0.3, -0.25) is 4.79 Å². The van der Waals surface area contributed by atoms with E-state index in [-0.39, 0.29) is 11.7 Å². The summed E-state index contributed by atoms with van der Waals surface area (Å²) in [4.78, 5) is 12.6. The van der Waals surface area contributed by atoms with E-state index in [2.05, 4.69) is 27.4 Å². The maximum atomic E-state index is 12.6. The van der Waals surface area contributed by atoms with Gasteiger partial charge in [-0.2, -0.15) is 5.10 Å². The first-order valence-corrected chi connectivity index (χ1v) is 11.3. The summed E-state index contributed by atoms with van der Waals surface area (Å²) in [6.07, 6.45) is 1.75. The van der Waals surface area contributed by atoms with Crippen LogP contribution in [-0.4, -0.2) is 38.2 Å². The lowest BCUT2D eigenvalue weighted by atomic mass is 10.2. The van der Waals surface area contributed by atoms with E-state index < -0.39 is 0 Å². The number of aromatic nitrogens is 4. The first kappa shape index (κ1) is 20.8. The molecular formula is C22H20N6OS2. The Labute approximate surface area is 188 Å². The van der Waals surface area contributed by atoms with Crippen molar-refractivity contribution in [3.8, 4) is 16.9 Å². The molecule has 1 amide bonds. The van der Waals surface area contributed by atoms with Crippen molar-refractivity contribution in [2.75, 3.05) is 22.9 Å². The molecule has 0 unspecified atom stereocenters. The summed E-state index contributed by atoms with van der Waals surface area (Å²) < 4.78 is 2.47. The summed E-state index contributed by atoms with van der Waals surface area (Å²) in [5.41, 5.74) is 2.64. The maximum absolute atomic E-state index is 12.6. The van der Waals surface area contributed by atoms with Gasteiger partial charge in [0.25, 0.3) is 0 Å². The van der Waals surface area contributed by atoms with Crippen molar-refractivity contribution >= 4 is 40.0 Å². The molecule has 156 valence electrons. The molecule has 31 heavy (non-hydrogen) atoms. The smallest absolute Gasteiger partial charge is 0.235 e. The van der Waals surface area contributed by atoms with Crippen molar-refractivity contribution in [3.63, 3.8) is 0 Å². The van der Waals surface area contributed by atoms with E-state index in [9.17, 15) is 4.79 Å². The molecule has 7 nitrogen and oxygen atoms in total. The topological polar surface area (TPSA) is 84.7 Å². The van der Waals surface area contributed by atoms with Crippen LogP contribution in [0.5, 0.6) is 0 Å². The summed E-state index contributed by atoms with van der Waals surface area (Å²) in [6, 6.07) is 21.5. The largest absolute Gasteiger partial charge is 0.357 e. The highest BCUT2D eigenvalue weighted by molar-refractivity contribution is 8.01. The van der Waals surface area contributed by atoms with E-state index in [1.807, 2.05) is 66.7 Å². The number of thioether (sulfide) groups is 1. The average molecular weight is 449 g/mol. The number of nitrogens with one attached hydrogen (secondary N) is 2. The number of para-hydroxylation sites is 1. The summed E-state index contributed by atoms with van der Waals surface area (Å²) >= 11 is 2.75. The predicted octanol–water partition coefficient (Wildman–Crippen LogP) is 4.72. The second kappa shape index (κ2) is 10.1. The van der Waals surface area contributed by atoms with Crippen LogP contribution in [0.3, 0.4) is 0 Å². The van der Waals surface area contributed by atoms with Gasteiger partial charge in [0.05, 0.1) is 17.1 Å². The minimum absolute atomic E-state index is 0.141. The van der Waals surface area contributed by atoms with Crippen molar-refractivity contribution < 1.29 is 4.79 Å². The Balaban J connectivity index is 1.49. The third-order valence-corrected chi connectivity index (χ3v) is 6.19. The van der Waals surface area contributed by atoms with Gasteiger partial charge in [-0.1, -0.05) is 77.7 Å². The quantitative estimate of drug-likeness (QED) is 0.285. The number of anilines is 2. The molecule has 2 aromatic heterocycles. The second-order valence-corrected chi connectivity index (χ2v) is 8.61. The van der Waals surface area contributed by atoms with Gasteiger partial charge >= 0.3 is 0 Å². The standard InChI is InChI=1S/C22H20N6OS2/c1-2-13-23-21-25-26-22(31-21)30-15-20(29)24-19-14-18(16-9-5-3-6-10-16)27-28(19)17-11-7-4-8-12-17/h2-12,14H,1,13,15H2,(H,23,25)(H,24,29). The Bertz CT molecular complexity index is 1160. The molecule has 0 aliphatic rings. The van der Waals surface area contributed by atoms with Crippen LogP contribution in [0.2, 0.25) is 0 Å². The van der Waals surface area contributed by atoms with Crippen LogP contribution in [0.1, 0.15) is 0 Å². The Morgan fingerprint density at radius 2 is 1.84 bits per heavy atom. The average Bonchev–Trinajstić information content (AvgIpc) is 3.44. The van der Waals surface area contributed by atoms with Crippen molar-refractivity contribution in [3.05, 3.63) is 79.4 Å². The number of rotatable bonds is 9. The van der Waals surface area contributed by atoms with E-state index in [4.69, 9.17) is 5.10 Å². The van der Waals surface area contributed by atoms with E-state index in [0.29, 0.717) is 17.5 Å². The van der Waals surface area contributed by atoms with E-state index >= 15 is 0 Å². The predicted molar refractivity (Wildman–Crippen MR) is 127 cm³/mol. The fourth-order valence-electron chi connectivity index (χ4n) is 2.79. The number of hydrogen-bond acceptors (Lipinski definition) is 7. The van der Waals surface area contributed by atoms with Crippen LogP contribution >= 0.6 is 23.1 Å². The van der Waals surface area contributed by atoms with Crippen LogP contribution < -0.4 is 10.6 Å². The van der Waals surface area contributed by atoms with E-state index in [1.54, 1.807) is 10.8 Å². The Hall–Kier alpha value is -3.43. The number of carbonyl (C=O) groups excluding carboxylic acids is 1. The molecule has 2 heterocycles. The van der Waals surface area contributed by atoms with Gasteiger partial charge in [-0.05, 0) is 12.1 Å². The molecule has 0 saturated heterocycles. The van der Waals surface area contributed by atoms with Crippen LogP contribution in [0.4, 0.5) is 10.9 Å². The minimum atomic E-state index is -0.141. The van der Waals surface area contributed by atoms with Crippen LogP contribution in [-0.2, 0) is 4.79 Å². The highest BCUT2D eigenvalue weighted by Gasteiger charge is 2.15. The molecule has 2 N–H and O–H groups in total. The third kappa shape index (κ3) is 5.39. The lowest BCUT2D eigenvalue weighted by Gasteiger charge is -2.08. The van der Waals surface area contributed by atoms with Gasteiger partial charge in [0.15, 0.2) is 4.34 Å². The fraction of sp³-hybridized carbons (Fsp3) is 0.0909. The lowest BCUT2D eigenvalue weighted by Crippen LogP contribution is -2.16. The molecular weight excluding hydrogens is 428 g/mol. The molecule has 0 aliphatic heterocycles. The molecule has 0 bridgehead atoms. The molecule has 4 rings (SSSR count). The van der Waals surface area contributed by atoms with Crippen molar-refractivity contribution in [2.45, 2.75) is 4.34 Å². The summed E-state index contributed by atoms with van der Waals surface area (Å²) in [5.74, 6) is 0.690. The molecule has 0 fully saturated rings. The monoisotopic (exact) mass is 448 g/mol. The van der Waals surface area contributed by atoms with Gasteiger partial charge in [0.2, 0.25) is 11.0 Å². The molecule has 0 atom stereocenters. The van der Waals surface area contributed by atoms with Crippen molar-refractivity contribution in [1.29, 1.82) is 0 Å². The van der Waals surface area contributed by atoms with E-state index in [0.717, 1.165) is 21.3 Å². The lowest BCUT2D eigenvalue weighted by molar-refractivity contribution is -0.113. The number of carbonyl (C=O) groups is 1. The molecule has 0 saturated carbocycles. The highest BCUT2D eigenvalue weighted by Crippen LogP contribution is 2.27. The molecule has 0 radical (unpaired) electrons. The first-order chi connectivity index (χ1) is 15.2. The van der Waals surface area contributed by atoms with Gasteiger partial charge in [-0.15, -0.1) is 16.8 Å². The van der Waals surface area contributed by atoms with Gasteiger partial charge in [-0.25, -0.2) is 4.68 Å². The fourth-order valence-corrected chi connectivity index (χ4v) is 4.35. The zero-order valence-corrected chi connectivity index (χ0v) is 18.2. The normalized spacial score (nSPS) is 10.6. The second-order valence-electron chi connectivity index (χ2n) is 6.41. The zero-order chi connectivity index (χ0) is 21.5. The van der Waals surface area contributed by atoms with Crippen LogP contribution in [0, 0.1) is 0 Å². The van der Waals surface area contributed by atoms with Crippen LogP contribution in [0.15, 0.2) is 83.7 Å². The molecule has 2 aromatic carbocycles. The van der Waals surface area contributed by atoms with Gasteiger partial charge in [0.1, 0.15) is 5.82 Å².